The van der Waals surface area contributed by atoms with Crippen molar-refractivity contribution < 1.29 is 4.74 Å². The highest BCUT2D eigenvalue weighted by atomic mass is 32.1. The third-order valence-electron chi connectivity index (χ3n) is 4.53. The quantitative estimate of drug-likeness (QED) is 0.872. The van der Waals surface area contributed by atoms with E-state index in [1.165, 1.54) is 12.0 Å². The summed E-state index contributed by atoms with van der Waals surface area (Å²) in [6.45, 7) is 3.16. The third kappa shape index (κ3) is 2.75. The van der Waals surface area contributed by atoms with E-state index in [0.717, 1.165) is 31.1 Å². The highest BCUT2D eigenvalue weighted by Crippen LogP contribution is 2.41. The molecule has 2 saturated heterocycles. The Morgan fingerprint density at radius 2 is 2.43 bits per heavy atom. The minimum Gasteiger partial charge on any atom is -0.366 e. The van der Waals surface area contributed by atoms with Crippen LogP contribution in [0.4, 0.5) is 0 Å². The molecule has 0 amide bonds. The molecule has 2 aliphatic rings. The van der Waals surface area contributed by atoms with Gasteiger partial charge in [-0.2, -0.15) is 5.10 Å². The van der Waals surface area contributed by atoms with Crippen LogP contribution < -0.4 is 0 Å². The van der Waals surface area contributed by atoms with E-state index in [4.69, 9.17) is 4.74 Å². The van der Waals surface area contributed by atoms with Gasteiger partial charge in [-0.15, -0.1) is 11.3 Å². The van der Waals surface area contributed by atoms with E-state index >= 15 is 0 Å². The van der Waals surface area contributed by atoms with Gasteiger partial charge in [0.25, 0.3) is 0 Å². The summed E-state index contributed by atoms with van der Waals surface area (Å²) in [5.74, 6) is 0.698. The number of hydrogen-bond acceptors (Lipinski definition) is 5. The summed E-state index contributed by atoms with van der Waals surface area (Å²) in [6, 6.07) is 0. The number of rotatable bonds is 3. The van der Waals surface area contributed by atoms with Crippen molar-refractivity contribution in [1.29, 1.82) is 0 Å². The van der Waals surface area contributed by atoms with Crippen LogP contribution in [0.25, 0.3) is 0 Å². The molecule has 0 saturated carbocycles. The van der Waals surface area contributed by atoms with E-state index in [1.807, 2.05) is 29.5 Å². The Labute approximate surface area is 128 Å². The first kappa shape index (κ1) is 13.4. The molecule has 0 unspecified atom stereocenters. The van der Waals surface area contributed by atoms with Crippen molar-refractivity contribution in [3.63, 3.8) is 0 Å². The molecule has 0 radical (unpaired) electrons. The van der Waals surface area contributed by atoms with Gasteiger partial charge in [0.1, 0.15) is 11.1 Å². The predicted molar refractivity (Wildman–Crippen MR) is 80.9 cm³/mol. The zero-order valence-electron chi connectivity index (χ0n) is 12.2. The fraction of sp³-hybridized carbons (Fsp3) is 0.600. The number of hydrogen-bond donors (Lipinski definition) is 0. The van der Waals surface area contributed by atoms with Crippen LogP contribution in [0.1, 0.15) is 29.5 Å². The van der Waals surface area contributed by atoms with Gasteiger partial charge in [0, 0.05) is 43.5 Å². The van der Waals surface area contributed by atoms with Gasteiger partial charge in [-0.05, 0) is 25.3 Å². The van der Waals surface area contributed by atoms with Crippen molar-refractivity contribution >= 4 is 11.3 Å². The molecule has 0 bridgehead atoms. The number of piperidine rings is 1. The van der Waals surface area contributed by atoms with Crippen LogP contribution in [-0.2, 0) is 18.3 Å². The number of ether oxygens (including phenoxy) is 1. The molecule has 112 valence electrons. The summed E-state index contributed by atoms with van der Waals surface area (Å²) in [4.78, 5) is 6.90. The Morgan fingerprint density at radius 1 is 1.48 bits per heavy atom. The van der Waals surface area contributed by atoms with Crippen LogP contribution in [0.3, 0.4) is 0 Å². The molecule has 2 fully saturated rings. The van der Waals surface area contributed by atoms with Crippen LogP contribution in [0.5, 0.6) is 0 Å². The Kier molecular flexibility index (Phi) is 3.52. The summed E-state index contributed by atoms with van der Waals surface area (Å²) in [5, 5.41) is 7.43. The average molecular weight is 304 g/mol. The number of likely N-dealkylation sites (tertiary alicyclic amines) is 1. The first-order valence-corrected chi connectivity index (χ1v) is 8.40. The van der Waals surface area contributed by atoms with Gasteiger partial charge in [-0.25, -0.2) is 4.98 Å². The monoisotopic (exact) mass is 304 g/mol. The molecule has 5 nitrogen and oxygen atoms in total. The van der Waals surface area contributed by atoms with E-state index in [1.54, 1.807) is 11.3 Å². The number of thiazole rings is 1. The molecule has 2 aromatic rings. The summed E-state index contributed by atoms with van der Waals surface area (Å²) < 4.78 is 8.14. The number of nitrogens with zero attached hydrogens (tertiary/aromatic N) is 4. The van der Waals surface area contributed by atoms with Crippen LogP contribution in [0, 0.1) is 5.92 Å². The van der Waals surface area contributed by atoms with Crippen molar-refractivity contribution in [3.8, 4) is 0 Å². The number of aromatic nitrogens is 3. The van der Waals surface area contributed by atoms with Crippen LogP contribution in [0.15, 0.2) is 24.0 Å². The molecule has 2 aliphatic heterocycles. The Morgan fingerprint density at radius 3 is 3.19 bits per heavy atom. The smallest absolute Gasteiger partial charge is 0.121 e. The lowest BCUT2D eigenvalue weighted by Gasteiger charge is -2.33. The summed E-state index contributed by atoms with van der Waals surface area (Å²) >= 11 is 1.71. The fourth-order valence-electron chi connectivity index (χ4n) is 3.50. The lowest BCUT2D eigenvalue weighted by Crippen LogP contribution is -2.41. The third-order valence-corrected chi connectivity index (χ3v) is 5.39. The molecule has 0 aromatic carbocycles. The van der Waals surface area contributed by atoms with E-state index in [-0.39, 0.29) is 6.10 Å². The maximum atomic E-state index is 6.27. The molecule has 0 aliphatic carbocycles. The van der Waals surface area contributed by atoms with Crippen LogP contribution >= 0.6 is 11.3 Å². The Hall–Kier alpha value is -1.24. The highest BCUT2D eigenvalue weighted by Gasteiger charge is 2.40. The summed E-state index contributed by atoms with van der Waals surface area (Å²) in [7, 11) is 1.97. The molecule has 4 heterocycles. The topological polar surface area (TPSA) is 43.2 Å². The van der Waals surface area contributed by atoms with E-state index in [2.05, 4.69) is 21.2 Å². The molecular weight excluding hydrogens is 284 g/mol. The lowest BCUT2D eigenvalue weighted by molar-refractivity contribution is -0.00939. The largest absolute Gasteiger partial charge is 0.366 e. The number of aryl methyl sites for hydroxylation is 1. The van der Waals surface area contributed by atoms with Gasteiger partial charge in [0.15, 0.2) is 0 Å². The van der Waals surface area contributed by atoms with Gasteiger partial charge in [0.2, 0.25) is 0 Å². The molecule has 4 rings (SSSR count). The zero-order chi connectivity index (χ0) is 14.2. The molecule has 3 atom stereocenters. The Bertz CT molecular complexity index is 597. The molecule has 6 heteroatoms. The van der Waals surface area contributed by atoms with Gasteiger partial charge >= 0.3 is 0 Å². The second-order valence-corrected chi connectivity index (χ2v) is 7.00. The molecular formula is C15H20N4OS. The highest BCUT2D eigenvalue weighted by molar-refractivity contribution is 7.09. The number of fused-ring (bicyclic) bond motifs is 1. The van der Waals surface area contributed by atoms with Gasteiger partial charge in [-0.1, -0.05) is 0 Å². The Balaban J connectivity index is 1.39. The van der Waals surface area contributed by atoms with Crippen molar-refractivity contribution in [2.24, 2.45) is 13.0 Å². The first-order chi connectivity index (χ1) is 10.3. The first-order valence-electron chi connectivity index (χ1n) is 7.52. The minimum atomic E-state index is 0.221. The van der Waals surface area contributed by atoms with Crippen molar-refractivity contribution in [3.05, 3.63) is 34.5 Å². The maximum Gasteiger partial charge on any atom is 0.121 e. The van der Waals surface area contributed by atoms with Crippen molar-refractivity contribution in [2.45, 2.75) is 31.6 Å². The van der Waals surface area contributed by atoms with Crippen molar-refractivity contribution in [1.82, 2.24) is 19.7 Å². The maximum absolute atomic E-state index is 6.27. The lowest BCUT2D eigenvalue weighted by atomic mass is 9.92. The molecule has 0 spiro atoms. The SMILES string of the molecule is Cn1cc(CN2CC[C@H]3C[C@H](c4nccs4)O[C@@H]3C2)cn1. The van der Waals surface area contributed by atoms with E-state index in [0.29, 0.717) is 12.0 Å². The van der Waals surface area contributed by atoms with Gasteiger partial charge in [-0.3, -0.25) is 9.58 Å². The average Bonchev–Trinajstić information content (AvgIpc) is 3.18. The fourth-order valence-corrected chi connectivity index (χ4v) is 4.19. The van der Waals surface area contributed by atoms with Crippen LogP contribution in [0.2, 0.25) is 0 Å². The van der Waals surface area contributed by atoms with Crippen LogP contribution in [-0.4, -0.2) is 38.9 Å². The second-order valence-electron chi connectivity index (χ2n) is 6.08. The van der Waals surface area contributed by atoms with Gasteiger partial charge in [0.05, 0.1) is 12.3 Å². The second kappa shape index (κ2) is 5.51. The van der Waals surface area contributed by atoms with E-state index < -0.39 is 0 Å². The summed E-state index contributed by atoms with van der Waals surface area (Å²) in [6.07, 6.45) is 8.88. The molecule has 0 N–H and O–H groups in total. The van der Waals surface area contributed by atoms with Gasteiger partial charge < -0.3 is 4.74 Å². The predicted octanol–water partition coefficient (Wildman–Crippen LogP) is 2.23. The summed E-state index contributed by atoms with van der Waals surface area (Å²) in [5.41, 5.74) is 1.28. The molecule has 2 aromatic heterocycles. The zero-order valence-corrected chi connectivity index (χ0v) is 13.0. The molecule has 21 heavy (non-hydrogen) atoms. The minimum absolute atomic E-state index is 0.221. The standard InChI is InChI=1S/C15H20N4OS/c1-18-8-11(7-17-18)9-19-4-2-12-6-13(20-14(12)10-19)15-16-3-5-21-15/h3,5,7-8,12-14H,2,4,6,9-10H2,1H3/t12-,13+,14+/m0/s1. The van der Waals surface area contributed by atoms with Crippen molar-refractivity contribution in [2.75, 3.05) is 13.1 Å². The van der Waals surface area contributed by atoms with E-state index in [9.17, 15) is 0 Å². The normalized spacial score (nSPS) is 29.7.